The molecule has 2 aliphatic rings. The van der Waals surface area contributed by atoms with Gasteiger partial charge in [-0.15, -0.1) is 0 Å². The summed E-state index contributed by atoms with van der Waals surface area (Å²) in [5.74, 6) is -0.308. The van der Waals surface area contributed by atoms with Crippen molar-refractivity contribution in [2.45, 2.75) is 31.6 Å². The van der Waals surface area contributed by atoms with Gasteiger partial charge in [-0.25, -0.2) is 8.42 Å². The van der Waals surface area contributed by atoms with Crippen molar-refractivity contribution in [3.63, 3.8) is 0 Å². The summed E-state index contributed by atoms with van der Waals surface area (Å²) in [6.45, 7) is 9.22. The molecule has 2 saturated heterocycles. The number of benzene rings is 2. The van der Waals surface area contributed by atoms with E-state index in [9.17, 15) is 13.2 Å². The van der Waals surface area contributed by atoms with Gasteiger partial charge in [-0.3, -0.25) is 4.79 Å². The lowest BCUT2D eigenvalue weighted by Crippen LogP contribution is -2.36. The van der Waals surface area contributed by atoms with E-state index in [0.29, 0.717) is 37.6 Å². The van der Waals surface area contributed by atoms with Crippen LogP contribution >= 0.6 is 0 Å². The van der Waals surface area contributed by atoms with Gasteiger partial charge in [0, 0.05) is 56.3 Å². The summed E-state index contributed by atoms with van der Waals surface area (Å²) in [5.41, 5.74) is 2.92. The molecule has 4 rings (SSSR count). The SMILES string of the molecule is CCN(CC)S(=O)(=O)c1ccc(N2CCCC2)c(C(=O)Nc2ccc(N3CCOCC3)cc2)c1. The third-order valence-corrected chi connectivity index (χ3v) is 8.55. The summed E-state index contributed by atoms with van der Waals surface area (Å²) in [4.78, 5) is 17.9. The topological polar surface area (TPSA) is 82.2 Å². The minimum Gasteiger partial charge on any atom is -0.378 e. The van der Waals surface area contributed by atoms with E-state index in [1.807, 2.05) is 38.1 Å². The summed E-state index contributed by atoms with van der Waals surface area (Å²) in [6, 6.07) is 12.7. The molecule has 0 atom stereocenters. The van der Waals surface area contributed by atoms with Gasteiger partial charge >= 0.3 is 0 Å². The molecule has 184 valence electrons. The Labute approximate surface area is 202 Å². The van der Waals surface area contributed by atoms with Crippen molar-refractivity contribution < 1.29 is 17.9 Å². The molecule has 0 aliphatic carbocycles. The lowest BCUT2D eigenvalue weighted by atomic mass is 10.1. The van der Waals surface area contributed by atoms with Crippen molar-refractivity contribution in [1.29, 1.82) is 0 Å². The minimum absolute atomic E-state index is 0.145. The van der Waals surface area contributed by atoms with E-state index in [0.717, 1.165) is 50.4 Å². The Morgan fingerprint density at radius 2 is 1.59 bits per heavy atom. The van der Waals surface area contributed by atoms with Crippen LogP contribution in [0.5, 0.6) is 0 Å². The smallest absolute Gasteiger partial charge is 0.257 e. The first kappa shape index (κ1) is 24.5. The lowest BCUT2D eigenvalue weighted by molar-refractivity contribution is 0.102. The number of ether oxygens (including phenoxy) is 1. The van der Waals surface area contributed by atoms with Crippen LogP contribution in [0.4, 0.5) is 17.1 Å². The van der Waals surface area contributed by atoms with Crippen LogP contribution in [0.1, 0.15) is 37.0 Å². The molecule has 2 aromatic carbocycles. The molecule has 0 aromatic heterocycles. The third-order valence-electron chi connectivity index (χ3n) is 6.50. The Bertz CT molecular complexity index is 1090. The Kier molecular flexibility index (Phi) is 7.75. The van der Waals surface area contributed by atoms with E-state index in [-0.39, 0.29) is 10.8 Å². The number of amides is 1. The van der Waals surface area contributed by atoms with Gasteiger partial charge in [0.1, 0.15) is 0 Å². The number of rotatable bonds is 8. The standard InChI is InChI=1S/C25H34N4O4S/c1-3-29(4-2)34(31,32)22-11-12-24(28-13-5-6-14-28)23(19-22)25(30)26-20-7-9-21(10-8-20)27-15-17-33-18-16-27/h7-12,19H,3-6,13-18H2,1-2H3,(H,26,30). The van der Waals surface area contributed by atoms with Crippen LogP contribution < -0.4 is 15.1 Å². The minimum atomic E-state index is -3.67. The molecule has 34 heavy (non-hydrogen) atoms. The van der Waals surface area contributed by atoms with Gasteiger partial charge in [0.15, 0.2) is 0 Å². The highest BCUT2D eigenvalue weighted by Gasteiger charge is 2.26. The fourth-order valence-electron chi connectivity index (χ4n) is 4.58. The Morgan fingerprint density at radius 3 is 2.21 bits per heavy atom. The Morgan fingerprint density at radius 1 is 0.941 bits per heavy atom. The molecule has 1 N–H and O–H groups in total. The molecule has 2 fully saturated rings. The first-order valence-corrected chi connectivity index (χ1v) is 13.5. The highest BCUT2D eigenvalue weighted by Crippen LogP contribution is 2.29. The molecule has 0 saturated carbocycles. The zero-order valence-corrected chi connectivity index (χ0v) is 20.8. The molecule has 0 radical (unpaired) electrons. The van der Waals surface area contributed by atoms with E-state index >= 15 is 0 Å². The van der Waals surface area contributed by atoms with E-state index in [4.69, 9.17) is 4.74 Å². The van der Waals surface area contributed by atoms with Gasteiger partial charge < -0.3 is 19.9 Å². The number of carbonyl (C=O) groups excluding carboxylic acids is 1. The Balaban J connectivity index is 1.60. The number of carbonyl (C=O) groups is 1. The van der Waals surface area contributed by atoms with Crippen LogP contribution in [0.3, 0.4) is 0 Å². The number of anilines is 3. The first-order valence-electron chi connectivity index (χ1n) is 12.1. The highest BCUT2D eigenvalue weighted by atomic mass is 32.2. The van der Waals surface area contributed by atoms with Gasteiger partial charge in [-0.05, 0) is 55.3 Å². The number of nitrogens with one attached hydrogen (secondary N) is 1. The number of hydrogen-bond donors (Lipinski definition) is 1. The van der Waals surface area contributed by atoms with E-state index in [2.05, 4.69) is 15.1 Å². The van der Waals surface area contributed by atoms with Crippen LogP contribution in [-0.4, -0.2) is 71.1 Å². The molecule has 8 nitrogen and oxygen atoms in total. The predicted octanol–water partition coefficient (Wildman–Crippen LogP) is 3.41. The van der Waals surface area contributed by atoms with Crippen LogP contribution in [0, 0.1) is 0 Å². The Hall–Kier alpha value is -2.62. The molecule has 9 heteroatoms. The second kappa shape index (κ2) is 10.8. The largest absolute Gasteiger partial charge is 0.378 e. The van der Waals surface area contributed by atoms with Gasteiger partial charge in [0.2, 0.25) is 10.0 Å². The van der Waals surface area contributed by atoms with Crippen molar-refractivity contribution in [3.05, 3.63) is 48.0 Å². The maximum absolute atomic E-state index is 13.4. The van der Waals surface area contributed by atoms with Crippen molar-refractivity contribution in [3.8, 4) is 0 Å². The number of nitrogens with zero attached hydrogens (tertiary/aromatic N) is 3. The zero-order chi connectivity index (χ0) is 24.1. The van der Waals surface area contributed by atoms with Gasteiger partial charge in [-0.2, -0.15) is 4.31 Å². The molecule has 0 bridgehead atoms. The lowest BCUT2D eigenvalue weighted by Gasteiger charge is -2.29. The highest BCUT2D eigenvalue weighted by molar-refractivity contribution is 7.89. The van der Waals surface area contributed by atoms with Crippen LogP contribution in [0.25, 0.3) is 0 Å². The maximum atomic E-state index is 13.4. The summed E-state index contributed by atoms with van der Waals surface area (Å²) >= 11 is 0. The molecule has 0 unspecified atom stereocenters. The molecule has 2 aliphatic heterocycles. The van der Waals surface area contributed by atoms with E-state index in [1.165, 1.54) is 10.4 Å². The molecule has 0 spiro atoms. The summed E-state index contributed by atoms with van der Waals surface area (Å²) < 4.78 is 33.1. The normalized spacial score (nSPS) is 16.8. The van der Waals surface area contributed by atoms with E-state index in [1.54, 1.807) is 12.1 Å². The zero-order valence-electron chi connectivity index (χ0n) is 20.0. The number of morpholine rings is 1. The van der Waals surface area contributed by atoms with E-state index < -0.39 is 10.0 Å². The molecule has 2 aromatic rings. The van der Waals surface area contributed by atoms with Crippen LogP contribution in [-0.2, 0) is 14.8 Å². The summed E-state index contributed by atoms with van der Waals surface area (Å²) in [5, 5.41) is 2.97. The first-order chi connectivity index (χ1) is 16.4. The number of hydrogen-bond acceptors (Lipinski definition) is 6. The van der Waals surface area contributed by atoms with Gasteiger partial charge in [0.25, 0.3) is 5.91 Å². The fourth-order valence-corrected chi connectivity index (χ4v) is 6.06. The fraction of sp³-hybridized carbons (Fsp3) is 0.480. The van der Waals surface area contributed by atoms with Crippen LogP contribution in [0.15, 0.2) is 47.4 Å². The van der Waals surface area contributed by atoms with Gasteiger partial charge in [-0.1, -0.05) is 13.8 Å². The van der Waals surface area contributed by atoms with Crippen LogP contribution in [0.2, 0.25) is 0 Å². The average Bonchev–Trinajstić information content (AvgIpc) is 3.40. The second-order valence-corrected chi connectivity index (χ2v) is 10.5. The monoisotopic (exact) mass is 486 g/mol. The predicted molar refractivity (Wildman–Crippen MR) is 135 cm³/mol. The molecular formula is C25H34N4O4S. The molecule has 2 heterocycles. The van der Waals surface area contributed by atoms with Crippen molar-refractivity contribution >= 4 is 33.0 Å². The molecule has 1 amide bonds. The maximum Gasteiger partial charge on any atom is 0.257 e. The van der Waals surface area contributed by atoms with Crippen molar-refractivity contribution in [2.75, 3.05) is 67.6 Å². The summed E-state index contributed by atoms with van der Waals surface area (Å²) in [7, 11) is -3.67. The van der Waals surface area contributed by atoms with Gasteiger partial charge in [0.05, 0.1) is 23.7 Å². The third kappa shape index (κ3) is 5.21. The summed E-state index contributed by atoms with van der Waals surface area (Å²) in [6.07, 6.45) is 2.12. The molecular weight excluding hydrogens is 452 g/mol. The van der Waals surface area contributed by atoms with Crippen molar-refractivity contribution in [2.24, 2.45) is 0 Å². The number of sulfonamides is 1. The van der Waals surface area contributed by atoms with Crippen molar-refractivity contribution in [1.82, 2.24) is 4.31 Å². The second-order valence-electron chi connectivity index (χ2n) is 8.56. The quantitative estimate of drug-likeness (QED) is 0.616. The average molecular weight is 487 g/mol.